The Kier molecular flexibility index (Phi) is 7.31. The second-order valence-electron chi connectivity index (χ2n) is 5.01. The van der Waals surface area contributed by atoms with Crippen LogP contribution in [0.3, 0.4) is 0 Å². The fraction of sp³-hybridized carbons (Fsp3) is 0.600. The summed E-state index contributed by atoms with van der Waals surface area (Å²) < 4.78 is 27.2. The molecule has 5 nitrogen and oxygen atoms in total. The average Bonchev–Trinajstić information content (AvgIpc) is 2.51. The van der Waals surface area contributed by atoms with Gasteiger partial charge in [0.25, 0.3) is 0 Å². The molecule has 1 aromatic rings. The van der Waals surface area contributed by atoms with Gasteiger partial charge in [-0.05, 0) is 37.2 Å². The fourth-order valence-electron chi connectivity index (χ4n) is 2.11. The van der Waals surface area contributed by atoms with Gasteiger partial charge in [0, 0.05) is 19.1 Å². The summed E-state index contributed by atoms with van der Waals surface area (Å²) in [6.07, 6.45) is 0.777. The van der Waals surface area contributed by atoms with Gasteiger partial charge in [-0.15, -0.1) is 0 Å². The van der Waals surface area contributed by atoms with Gasteiger partial charge in [-0.2, -0.15) is 0 Å². The van der Waals surface area contributed by atoms with Crippen LogP contribution in [-0.4, -0.2) is 39.5 Å². The van der Waals surface area contributed by atoms with Crippen molar-refractivity contribution in [1.82, 2.24) is 9.62 Å². The van der Waals surface area contributed by atoms with E-state index in [0.717, 1.165) is 25.1 Å². The molecule has 0 bridgehead atoms. The molecule has 0 fully saturated rings. The smallest absolute Gasteiger partial charge is 0.240 e. The van der Waals surface area contributed by atoms with E-state index in [1.54, 1.807) is 18.2 Å². The number of likely N-dealkylation sites (N-methyl/N-ethyl adjacent to an activating group) is 1. The Hall–Kier alpha value is -0.950. The van der Waals surface area contributed by atoms with Crippen LogP contribution in [0.25, 0.3) is 0 Å². The van der Waals surface area contributed by atoms with Gasteiger partial charge in [-0.25, -0.2) is 13.1 Å². The van der Waals surface area contributed by atoms with E-state index in [4.69, 9.17) is 5.73 Å². The fourth-order valence-corrected chi connectivity index (χ4v) is 3.18. The minimum Gasteiger partial charge on any atom is -0.324 e. The maximum atomic E-state index is 12.3. The van der Waals surface area contributed by atoms with Crippen molar-refractivity contribution in [2.45, 2.75) is 38.1 Å². The quantitative estimate of drug-likeness (QED) is 0.728. The largest absolute Gasteiger partial charge is 0.324 e. The van der Waals surface area contributed by atoms with Crippen LogP contribution in [-0.2, 0) is 10.0 Å². The van der Waals surface area contributed by atoms with E-state index in [-0.39, 0.29) is 10.9 Å². The predicted molar refractivity (Wildman–Crippen MR) is 86.6 cm³/mol. The Morgan fingerprint density at radius 2 is 1.90 bits per heavy atom. The molecule has 6 heteroatoms. The maximum absolute atomic E-state index is 12.3. The van der Waals surface area contributed by atoms with Crippen molar-refractivity contribution in [2.75, 3.05) is 26.2 Å². The van der Waals surface area contributed by atoms with E-state index >= 15 is 0 Å². The molecule has 1 aromatic carbocycles. The zero-order valence-corrected chi connectivity index (χ0v) is 14.0. The van der Waals surface area contributed by atoms with Gasteiger partial charge in [-0.1, -0.05) is 32.9 Å². The first kappa shape index (κ1) is 18.1. The zero-order chi connectivity index (χ0) is 15.9. The molecule has 3 N–H and O–H groups in total. The molecule has 1 unspecified atom stereocenters. The Balaban J connectivity index is 2.74. The SMILES string of the molecule is CCC(N)c1cccc(S(=O)(=O)NCCN(CC)CC)c1. The lowest BCUT2D eigenvalue weighted by atomic mass is 10.1. The molecule has 0 saturated heterocycles. The normalized spacial score (nSPS) is 13.6. The van der Waals surface area contributed by atoms with Crippen LogP contribution < -0.4 is 10.5 Å². The van der Waals surface area contributed by atoms with E-state index < -0.39 is 10.0 Å². The van der Waals surface area contributed by atoms with Gasteiger partial charge in [0.05, 0.1) is 4.90 Å². The lowest BCUT2D eigenvalue weighted by Crippen LogP contribution is -2.34. The third kappa shape index (κ3) is 5.39. The molecule has 0 aliphatic rings. The first-order valence-electron chi connectivity index (χ1n) is 7.52. The number of sulfonamides is 1. The van der Waals surface area contributed by atoms with Crippen LogP contribution in [0.4, 0.5) is 0 Å². The molecule has 0 radical (unpaired) electrons. The number of hydrogen-bond donors (Lipinski definition) is 2. The number of benzene rings is 1. The number of nitrogens with two attached hydrogens (primary N) is 1. The van der Waals surface area contributed by atoms with Gasteiger partial charge >= 0.3 is 0 Å². The molecule has 120 valence electrons. The lowest BCUT2D eigenvalue weighted by Gasteiger charge is -2.18. The number of rotatable bonds is 9. The summed E-state index contributed by atoms with van der Waals surface area (Å²) in [5.41, 5.74) is 6.81. The van der Waals surface area contributed by atoms with Gasteiger partial charge in [0.15, 0.2) is 0 Å². The molecular formula is C15H27N3O2S. The van der Waals surface area contributed by atoms with Gasteiger partial charge < -0.3 is 10.6 Å². The van der Waals surface area contributed by atoms with Crippen molar-refractivity contribution in [3.63, 3.8) is 0 Å². The summed E-state index contributed by atoms with van der Waals surface area (Å²) in [5.74, 6) is 0. The molecule has 1 atom stereocenters. The van der Waals surface area contributed by atoms with Crippen molar-refractivity contribution in [1.29, 1.82) is 0 Å². The first-order valence-corrected chi connectivity index (χ1v) is 9.00. The highest BCUT2D eigenvalue weighted by Gasteiger charge is 2.15. The summed E-state index contributed by atoms with van der Waals surface area (Å²) in [6, 6.07) is 6.74. The number of hydrogen-bond acceptors (Lipinski definition) is 4. The highest BCUT2D eigenvalue weighted by molar-refractivity contribution is 7.89. The van der Waals surface area contributed by atoms with Gasteiger partial charge in [0.1, 0.15) is 0 Å². The maximum Gasteiger partial charge on any atom is 0.240 e. The van der Waals surface area contributed by atoms with Crippen molar-refractivity contribution in [3.8, 4) is 0 Å². The molecular weight excluding hydrogens is 286 g/mol. The van der Waals surface area contributed by atoms with Crippen LogP contribution in [0.1, 0.15) is 38.8 Å². The predicted octanol–water partition coefficient (Wildman–Crippen LogP) is 1.72. The molecule has 0 amide bonds. The molecule has 0 heterocycles. The Morgan fingerprint density at radius 1 is 1.24 bits per heavy atom. The Bertz CT molecular complexity index is 527. The van der Waals surface area contributed by atoms with Crippen molar-refractivity contribution >= 4 is 10.0 Å². The summed E-state index contributed by atoms with van der Waals surface area (Å²) in [7, 11) is -3.47. The highest BCUT2D eigenvalue weighted by atomic mass is 32.2. The lowest BCUT2D eigenvalue weighted by molar-refractivity contribution is 0.309. The second-order valence-corrected chi connectivity index (χ2v) is 6.78. The Labute approximate surface area is 128 Å². The topological polar surface area (TPSA) is 75.4 Å². The number of nitrogens with zero attached hydrogens (tertiary/aromatic N) is 1. The van der Waals surface area contributed by atoms with E-state index in [1.807, 2.05) is 13.0 Å². The van der Waals surface area contributed by atoms with Crippen molar-refractivity contribution < 1.29 is 8.42 Å². The van der Waals surface area contributed by atoms with Crippen LogP contribution in [0, 0.1) is 0 Å². The summed E-state index contributed by atoms with van der Waals surface area (Å²) in [4.78, 5) is 2.45. The second kappa shape index (κ2) is 8.48. The summed E-state index contributed by atoms with van der Waals surface area (Å²) in [5, 5.41) is 0. The standard InChI is InChI=1S/C15H27N3O2S/c1-4-15(16)13-8-7-9-14(12-13)21(19,20)17-10-11-18(5-2)6-3/h7-9,12,15,17H,4-6,10-11,16H2,1-3H3. The molecule has 0 aromatic heterocycles. The third-order valence-corrected chi connectivity index (χ3v) is 5.11. The van der Waals surface area contributed by atoms with Crippen LogP contribution in [0.5, 0.6) is 0 Å². The molecule has 0 aliphatic carbocycles. The molecule has 21 heavy (non-hydrogen) atoms. The van der Waals surface area contributed by atoms with Crippen molar-refractivity contribution in [3.05, 3.63) is 29.8 Å². The average molecular weight is 313 g/mol. The monoisotopic (exact) mass is 313 g/mol. The summed E-state index contributed by atoms with van der Waals surface area (Å²) >= 11 is 0. The van der Waals surface area contributed by atoms with E-state index in [2.05, 4.69) is 23.5 Å². The van der Waals surface area contributed by atoms with Crippen LogP contribution >= 0.6 is 0 Å². The molecule has 0 aliphatic heterocycles. The Morgan fingerprint density at radius 3 is 2.48 bits per heavy atom. The first-order chi connectivity index (χ1) is 9.94. The minimum atomic E-state index is -3.47. The van der Waals surface area contributed by atoms with Crippen LogP contribution in [0.2, 0.25) is 0 Å². The van der Waals surface area contributed by atoms with Crippen molar-refractivity contribution in [2.24, 2.45) is 5.73 Å². The third-order valence-electron chi connectivity index (χ3n) is 3.65. The van der Waals surface area contributed by atoms with Crippen LogP contribution in [0.15, 0.2) is 29.2 Å². The van der Waals surface area contributed by atoms with E-state index in [9.17, 15) is 8.42 Å². The number of nitrogens with one attached hydrogen (secondary N) is 1. The van der Waals surface area contributed by atoms with Gasteiger partial charge in [0.2, 0.25) is 10.0 Å². The molecule has 1 rings (SSSR count). The van der Waals surface area contributed by atoms with E-state index in [0.29, 0.717) is 13.1 Å². The van der Waals surface area contributed by atoms with E-state index in [1.165, 1.54) is 0 Å². The zero-order valence-electron chi connectivity index (χ0n) is 13.2. The molecule has 0 spiro atoms. The molecule has 0 saturated carbocycles. The minimum absolute atomic E-state index is 0.129. The summed E-state index contributed by atoms with van der Waals surface area (Å²) in [6.45, 7) is 9.06. The highest BCUT2D eigenvalue weighted by Crippen LogP contribution is 2.18. The van der Waals surface area contributed by atoms with Gasteiger partial charge in [-0.3, -0.25) is 0 Å².